The van der Waals surface area contributed by atoms with Crippen LogP contribution in [-0.4, -0.2) is 58.3 Å². The molecule has 6 atom stereocenters. The predicted molar refractivity (Wildman–Crippen MR) is 116 cm³/mol. The van der Waals surface area contributed by atoms with Crippen LogP contribution in [0.2, 0.25) is 0 Å². The van der Waals surface area contributed by atoms with Gasteiger partial charge in [-0.05, 0) is 26.0 Å². The summed E-state index contributed by atoms with van der Waals surface area (Å²) in [6.07, 6.45) is -3.78. The number of carbonyl (C=O) groups excluding carboxylic acids is 1. The molecular formula is C20H25FN3O9P. The number of aromatic nitrogens is 2. The number of alkyl halides is 1. The number of hydrogen-bond acceptors (Lipinski definition) is 9. The minimum Gasteiger partial charge on any atom is -0.468 e. The Labute approximate surface area is 193 Å². The highest BCUT2D eigenvalue weighted by molar-refractivity contribution is 7.52. The van der Waals surface area contributed by atoms with Crippen LogP contribution < -0.4 is 20.9 Å². The SMILES string of the molecule is COC(=O)[C@H](C)N[P@](=O)(OC[C@H]1O[C@@H](n2ccc(=O)[nH]c2=O)[C@](C)(F)[C@@H]1O)Oc1ccccc1. The van der Waals surface area contributed by atoms with Gasteiger partial charge in [0.05, 0.1) is 13.7 Å². The molecule has 0 amide bonds. The van der Waals surface area contributed by atoms with Crippen LogP contribution in [0, 0.1) is 0 Å². The van der Waals surface area contributed by atoms with E-state index in [4.69, 9.17) is 13.8 Å². The third-order valence-corrected chi connectivity index (χ3v) is 6.75. The molecule has 0 bridgehead atoms. The summed E-state index contributed by atoms with van der Waals surface area (Å²) < 4.78 is 50.5. The first-order valence-electron chi connectivity index (χ1n) is 10.2. The van der Waals surface area contributed by atoms with E-state index in [2.05, 4.69) is 9.82 Å². The molecule has 0 unspecified atom stereocenters. The molecule has 3 N–H and O–H groups in total. The van der Waals surface area contributed by atoms with Crippen molar-refractivity contribution in [3.8, 4) is 5.75 Å². The molecule has 1 saturated heterocycles. The van der Waals surface area contributed by atoms with Gasteiger partial charge in [0.25, 0.3) is 5.56 Å². The van der Waals surface area contributed by atoms with Gasteiger partial charge in [-0.25, -0.2) is 13.8 Å². The smallest absolute Gasteiger partial charge is 0.459 e. The van der Waals surface area contributed by atoms with E-state index in [9.17, 15) is 24.1 Å². The van der Waals surface area contributed by atoms with Crippen molar-refractivity contribution in [2.24, 2.45) is 0 Å². The molecule has 34 heavy (non-hydrogen) atoms. The van der Waals surface area contributed by atoms with Crippen molar-refractivity contribution in [2.75, 3.05) is 13.7 Å². The molecule has 1 aromatic carbocycles. The van der Waals surface area contributed by atoms with Crippen LogP contribution in [0.4, 0.5) is 4.39 Å². The molecule has 1 aliphatic heterocycles. The lowest BCUT2D eigenvalue weighted by Gasteiger charge is -2.25. The van der Waals surface area contributed by atoms with E-state index in [1.165, 1.54) is 19.1 Å². The van der Waals surface area contributed by atoms with Gasteiger partial charge in [-0.15, -0.1) is 0 Å². The number of halogens is 1. The highest BCUT2D eigenvalue weighted by atomic mass is 31.2. The molecule has 0 spiro atoms. The molecule has 3 rings (SSSR count). The molecule has 186 valence electrons. The topological polar surface area (TPSA) is 158 Å². The Bertz CT molecular complexity index is 1170. The summed E-state index contributed by atoms with van der Waals surface area (Å²) in [6.45, 7) is 1.74. The van der Waals surface area contributed by atoms with Gasteiger partial charge in [-0.1, -0.05) is 18.2 Å². The first kappa shape index (κ1) is 25.8. The van der Waals surface area contributed by atoms with Gasteiger partial charge in [0.1, 0.15) is 24.0 Å². The van der Waals surface area contributed by atoms with Crippen LogP contribution in [-0.2, 0) is 23.4 Å². The van der Waals surface area contributed by atoms with Crippen LogP contribution in [0.3, 0.4) is 0 Å². The fourth-order valence-electron chi connectivity index (χ4n) is 3.31. The van der Waals surface area contributed by atoms with Gasteiger partial charge in [-0.3, -0.25) is 23.7 Å². The lowest BCUT2D eigenvalue weighted by Crippen LogP contribution is -2.43. The second-order valence-electron chi connectivity index (χ2n) is 7.71. The lowest BCUT2D eigenvalue weighted by atomic mass is 9.98. The van der Waals surface area contributed by atoms with E-state index in [1.54, 1.807) is 18.2 Å². The molecule has 1 aromatic heterocycles. The number of aliphatic hydroxyl groups excluding tert-OH is 1. The highest BCUT2D eigenvalue weighted by Gasteiger charge is 2.55. The second-order valence-corrected chi connectivity index (χ2v) is 9.41. The number of methoxy groups -OCH3 is 1. The van der Waals surface area contributed by atoms with Gasteiger partial charge >= 0.3 is 19.4 Å². The van der Waals surface area contributed by atoms with Gasteiger partial charge in [0, 0.05) is 12.3 Å². The van der Waals surface area contributed by atoms with Crippen molar-refractivity contribution in [1.82, 2.24) is 14.6 Å². The molecule has 14 heteroatoms. The minimum atomic E-state index is -4.27. The number of ether oxygens (including phenoxy) is 2. The van der Waals surface area contributed by atoms with Crippen LogP contribution >= 0.6 is 7.75 Å². The Balaban J connectivity index is 1.80. The number of carbonyl (C=O) groups is 1. The molecule has 0 radical (unpaired) electrons. The van der Waals surface area contributed by atoms with Crippen molar-refractivity contribution in [3.05, 3.63) is 63.4 Å². The van der Waals surface area contributed by atoms with Crippen LogP contribution in [0.15, 0.2) is 52.2 Å². The number of rotatable bonds is 9. The maximum atomic E-state index is 15.4. The number of aliphatic hydroxyl groups is 1. The average molecular weight is 501 g/mol. The zero-order chi connectivity index (χ0) is 25.1. The van der Waals surface area contributed by atoms with Gasteiger partial charge in [0.15, 0.2) is 11.9 Å². The van der Waals surface area contributed by atoms with Crippen molar-refractivity contribution < 1.29 is 37.4 Å². The number of nitrogens with one attached hydrogen (secondary N) is 2. The highest BCUT2D eigenvalue weighted by Crippen LogP contribution is 2.47. The Morgan fingerprint density at radius 1 is 1.35 bits per heavy atom. The van der Waals surface area contributed by atoms with E-state index < -0.39 is 61.7 Å². The third-order valence-electron chi connectivity index (χ3n) is 5.10. The number of benzene rings is 1. The molecule has 1 aliphatic rings. The molecule has 0 aliphatic carbocycles. The zero-order valence-corrected chi connectivity index (χ0v) is 19.4. The molecule has 12 nitrogen and oxygen atoms in total. The summed E-state index contributed by atoms with van der Waals surface area (Å²) in [6, 6.07) is 7.83. The Kier molecular flexibility index (Phi) is 7.74. The van der Waals surface area contributed by atoms with Crippen molar-refractivity contribution >= 4 is 13.7 Å². The van der Waals surface area contributed by atoms with Crippen molar-refractivity contribution in [3.63, 3.8) is 0 Å². The number of H-pyrrole nitrogens is 1. The van der Waals surface area contributed by atoms with Gasteiger partial charge in [-0.2, -0.15) is 5.09 Å². The summed E-state index contributed by atoms with van der Waals surface area (Å²) >= 11 is 0. The summed E-state index contributed by atoms with van der Waals surface area (Å²) in [7, 11) is -3.13. The monoisotopic (exact) mass is 501 g/mol. The molecular weight excluding hydrogens is 476 g/mol. The summed E-state index contributed by atoms with van der Waals surface area (Å²) in [5, 5.41) is 12.9. The van der Waals surface area contributed by atoms with Crippen LogP contribution in [0.25, 0.3) is 0 Å². The van der Waals surface area contributed by atoms with E-state index in [-0.39, 0.29) is 5.75 Å². The Hall–Kier alpha value is -2.83. The summed E-state index contributed by atoms with van der Waals surface area (Å²) in [5.74, 6) is -0.595. The summed E-state index contributed by atoms with van der Waals surface area (Å²) in [4.78, 5) is 37.2. The number of aromatic amines is 1. The predicted octanol–water partition coefficient (Wildman–Crippen LogP) is 0.878. The minimum absolute atomic E-state index is 0.149. The fraction of sp³-hybridized carbons (Fsp3) is 0.450. The van der Waals surface area contributed by atoms with Gasteiger partial charge in [0.2, 0.25) is 0 Å². The largest absolute Gasteiger partial charge is 0.468 e. The van der Waals surface area contributed by atoms with Crippen LogP contribution in [0.5, 0.6) is 5.75 Å². The zero-order valence-electron chi connectivity index (χ0n) is 18.5. The van der Waals surface area contributed by atoms with E-state index in [0.29, 0.717) is 0 Å². The molecule has 1 fully saturated rings. The molecule has 2 aromatic rings. The number of nitrogens with zero attached hydrogens (tertiary/aromatic N) is 1. The van der Waals surface area contributed by atoms with Gasteiger partial charge < -0.3 is 19.1 Å². The van der Waals surface area contributed by atoms with Crippen LogP contribution in [0.1, 0.15) is 20.1 Å². The van der Waals surface area contributed by atoms with E-state index in [1.807, 2.05) is 4.98 Å². The first-order valence-corrected chi connectivity index (χ1v) is 11.7. The van der Waals surface area contributed by atoms with Crippen molar-refractivity contribution in [1.29, 1.82) is 0 Å². The number of esters is 1. The molecule has 2 heterocycles. The quantitative estimate of drug-likeness (QED) is 0.333. The third kappa shape index (κ3) is 5.62. The Morgan fingerprint density at radius 3 is 2.65 bits per heavy atom. The Morgan fingerprint density at radius 2 is 2.03 bits per heavy atom. The maximum absolute atomic E-state index is 15.4. The normalized spacial score (nSPS) is 27.0. The van der Waals surface area contributed by atoms with E-state index >= 15 is 4.39 Å². The second kappa shape index (κ2) is 10.2. The standard InChI is InChI=1S/C20H25FN3O9P/c1-12(17(27)30-3)23-34(29,33-13-7-5-4-6-8-13)31-11-14-16(26)20(2,21)18(32-14)24-10-9-15(25)22-19(24)28/h4-10,12,14,16,18,26H,11H2,1-3H3,(H,23,29)(H,22,25,28)/t12-,14+,16+,18+,20+,34-/m0/s1. The fourth-order valence-corrected chi connectivity index (χ4v) is 4.81. The lowest BCUT2D eigenvalue weighted by molar-refractivity contribution is -0.142. The summed E-state index contributed by atoms with van der Waals surface area (Å²) in [5.41, 5.74) is -4.11. The first-order chi connectivity index (χ1) is 16.0. The number of hydrogen-bond donors (Lipinski definition) is 3. The maximum Gasteiger partial charge on any atom is 0.459 e. The molecule has 0 saturated carbocycles. The average Bonchev–Trinajstić information content (AvgIpc) is 3.01. The van der Waals surface area contributed by atoms with Crippen molar-refractivity contribution in [2.45, 2.75) is 44.0 Å². The van der Waals surface area contributed by atoms with E-state index in [0.717, 1.165) is 30.9 Å². The number of para-hydroxylation sites is 1.